The van der Waals surface area contributed by atoms with Crippen LogP contribution in [0.2, 0.25) is 14.8 Å². The maximum absolute atomic E-state index is 11.3. The Labute approximate surface area is 113 Å². The first-order chi connectivity index (χ1) is 8.31. The van der Waals surface area contributed by atoms with Crippen LogP contribution in [-0.2, 0) is 19.1 Å². The fourth-order valence-electron chi connectivity index (χ4n) is 1.25. The Balaban J connectivity index is 4.63. The van der Waals surface area contributed by atoms with Gasteiger partial charge in [-0.05, 0) is 0 Å². The molecular formula is C13H20O4Sn. The van der Waals surface area contributed by atoms with Crippen LogP contribution in [0, 0.1) is 11.8 Å². The van der Waals surface area contributed by atoms with Crippen molar-refractivity contribution in [2.75, 3.05) is 14.2 Å². The van der Waals surface area contributed by atoms with Crippen LogP contribution in [0.4, 0.5) is 0 Å². The summed E-state index contributed by atoms with van der Waals surface area (Å²) < 4.78 is 10.2. The van der Waals surface area contributed by atoms with Gasteiger partial charge in [0.15, 0.2) is 0 Å². The van der Waals surface area contributed by atoms with Crippen LogP contribution in [0.5, 0.6) is 0 Å². The fourth-order valence-corrected chi connectivity index (χ4v) is 5.32. The van der Waals surface area contributed by atoms with Gasteiger partial charge in [-0.25, -0.2) is 0 Å². The molecule has 0 unspecified atom stereocenters. The number of allylic oxidation sites excluding steroid dienone is 1. The minimum atomic E-state index is -2.31. The molecule has 0 saturated heterocycles. The molecule has 4 nitrogen and oxygen atoms in total. The summed E-state index contributed by atoms with van der Waals surface area (Å²) in [7, 11) is 2.66. The van der Waals surface area contributed by atoms with E-state index >= 15 is 0 Å². The molecule has 0 aliphatic carbocycles. The zero-order valence-electron chi connectivity index (χ0n) is 11.6. The van der Waals surface area contributed by atoms with Crippen molar-refractivity contribution in [3.8, 4) is 11.8 Å². The minimum absolute atomic E-state index is 0.322. The van der Waals surface area contributed by atoms with Crippen LogP contribution >= 0.6 is 0 Å². The Morgan fingerprint density at radius 1 is 1.17 bits per heavy atom. The number of esters is 2. The average Bonchev–Trinajstić information content (AvgIpc) is 2.30. The van der Waals surface area contributed by atoms with Gasteiger partial charge in [0, 0.05) is 0 Å². The van der Waals surface area contributed by atoms with Gasteiger partial charge in [0.25, 0.3) is 0 Å². The van der Waals surface area contributed by atoms with Crippen LogP contribution in [0.15, 0.2) is 9.67 Å². The van der Waals surface area contributed by atoms with Crippen molar-refractivity contribution in [2.24, 2.45) is 0 Å². The molecule has 0 atom stereocenters. The summed E-state index contributed by atoms with van der Waals surface area (Å²) in [5, 5.41) is 0. The molecule has 0 rings (SSSR count). The second-order valence-electron chi connectivity index (χ2n) is 4.74. The number of carbonyl (C=O) groups is 2. The summed E-state index contributed by atoms with van der Waals surface area (Å²) in [6.07, 6.45) is 2.83. The summed E-state index contributed by atoms with van der Waals surface area (Å²) in [4.78, 5) is 28.7. The molecule has 0 saturated carbocycles. The first-order valence-electron chi connectivity index (χ1n) is 5.67. The summed E-state index contributed by atoms with van der Waals surface area (Å²) in [6.45, 7) is 0. The van der Waals surface area contributed by atoms with Gasteiger partial charge in [-0.2, -0.15) is 0 Å². The van der Waals surface area contributed by atoms with E-state index in [-0.39, 0.29) is 5.97 Å². The molecule has 0 fully saturated rings. The SMILES string of the molecule is COC(=O)C#CCC/[C](=C/C(=O)OC)[Sn]([CH3])([CH3])[CH3]. The second-order valence-corrected chi connectivity index (χ2v) is 19.4. The predicted octanol–water partition coefficient (Wildman–Crippen LogP) is 1.92. The van der Waals surface area contributed by atoms with E-state index in [1.54, 1.807) is 6.08 Å². The third-order valence-electron chi connectivity index (χ3n) is 2.35. The van der Waals surface area contributed by atoms with E-state index in [0.717, 1.165) is 3.59 Å². The van der Waals surface area contributed by atoms with Gasteiger partial charge in [0.1, 0.15) is 0 Å². The Bertz CT molecular complexity index is 393. The van der Waals surface area contributed by atoms with Crippen LogP contribution in [-0.4, -0.2) is 44.5 Å². The molecule has 18 heavy (non-hydrogen) atoms. The second kappa shape index (κ2) is 8.20. The van der Waals surface area contributed by atoms with Crippen LogP contribution < -0.4 is 0 Å². The summed E-state index contributed by atoms with van der Waals surface area (Å²) in [5.74, 6) is 4.27. The first-order valence-corrected chi connectivity index (χ1v) is 15.7. The van der Waals surface area contributed by atoms with Crippen LogP contribution in [0.1, 0.15) is 12.8 Å². The molecule has 0 aliphatic rings. The van der Waals surface area contributed by atoms with Gasteiger partial charge in [-0.15, -0.1) is 0 Å². The van der Waals surface area contributed by atoms with Crippen molar-refractivity contribution in [3.05, 3.63) is 9.67 Å². The summed E-state index contributed by atoms with van der Waals surface area (Å²) in [6, 6.07) is 0. The molecule has 0 spiro atoms. The monoisotopic (exact) mass is 360 g/mol. The third-order valence-corrected chi connectivity index (χ3v) is 8.98. The number of methoxy groups -OCH3 is 2. The van der Waals surface area contributed by atoms with E-state index in [1.807, 2.05) is 0 Å². The average molecular weight is 359 g/mol. The molecule has 0 N–H and O–H groups in total. The third kappa shape index (κ3) is 7.38. The zero-order valence-corrected chi connectivity index (χ0v) is 14.5. The number of rotatable bonds is 4. The van der Waals surface area contributed by atoms with Gasteiger partial charge < -0.3 is 0 Å². The normalized spacial score (nSPS) is 11.3. The van der Waals surface area contributed by atoms with E-state index in [0.29, 0.717) is 12.8 Å². The van der Waals surface area contributed by atoms with Crippen molar-refractivity contribution < 1.29 is 19.1 Å². The molecular weight excluding hydrogens is 339 g/mol. The Morgan fingerprint density at radius 3 is 2.22 bits per heavy atom. The fraction of sp³-hybridized carbons (Fsp3) is 0.538. The summed E-state index contributed by atoms with van der Waals surface area (Å²) >= 11 is -2.31. The van der Waals surface area contributed by atoms with Crippen molar-refractivity contribution in [3.63, 3.8) is 0 Å². The van der Waals surface area contributed by atoms with Crippen molar-refractivity contribution in [1.29, 1.82) is 0 Å². The number of hydrogen-bond acceptors (Lipinski definition) is 4. The van der Waals surface area contributed by atoms with Crippen molar-refractivity contribution >= 4 is 30.3 Å². The van der Waals surface area contributed by atoms with Gasteiger partial charge in [-0.3, -0.25) is 0 Å². The number of hydrogen-bond donors (Lipinski definition) is 0. The van der Waals surface area contributed by atoms with Crippen LogP contribution in [0.3, 0.4) is 0 Å². The molecule has 0 aromatic rings. The van der Waals surface area contributed by atoms with E-state index in [4.69, 9.17) is 0 Å². The molecule has 100 valence electrons. The number of ether oxygens (including phenoxy) is 2. The molecule has 0 aliphatic heterocycles. The quantitative estimate of drug-likeness (QED) is 0.253. The Morgan fingerprint density at radius 2 is 1.78 bits per heavy atom. The van der Waals surface area contributed by atoms with Crippen molar-refractivity contribution in [1.82, 2.24) is 0 Å². The topological polar surface area (TPSA) is 52.6 Å². The maximum atomic E-state index is 11.3. The van der Waals surface area contributed by atoms with E-state index in [9.17, 15) is 9.59 Å². The zero-order chi connectivity index (χ0) is 14.2. The Kier molecular flexibility index (Phi) is 7.76. The van der Waals surface area contributed by atoms with E-state index in [2.05, 4.69) is 36.1 Å². The predicted molar refractivity (Wildman–Crippen MR) is 72.5 cm³/mol. The number of carbonyl (C=O) groups excluding carboxylic acids is 2. The van der Waals surface area contributed by atoms with Gasteiger partial charge >= 0.3 is 113 Å². The van der Waals surface area contributed by atoms with Gasteiger partial charge in [0.2, 0.25) is 0 Å². The molecule has 0 radical (unpaired) electrons. The molecule has 0 amide bonds. The molecule has 0 aromatic carbocycles. The van der Waals surface area contributed by atoms with E-state index < -0.39 is 24.3 Å². The van der Waals surface area contributed by atoms with Crippen LogP contribution in [0.25, 0.3) is 0 Å². The molecule has 5 heteroatoms. The Hall–Kier alpha value is -0.961. The van der Waals surface area contributed by atoms with Gasteiger partial charge in [0.05, 0.1) is 0 Å². The molecule has 0 heterocycles. The summed E-state index contributed by atoms with van der Waals surface area (Å²) in [5.41, 5.74) is 0. The standard InChI is InChI=1S/C10H11O4.3CH3.Sn/c1-13-9(11)7-5-3-4-6-8-10(12)14-2;;;;/h7H,3-4H2,1-2H3;3*1H3;. The van der Waals surface area contributed by atoms with E-state index in [1.165, 1.54) is 14.2 Å². The first kappa shape index (κ1) is 17.0. The van der Waals surface area contributed by atoms with Gasteiger partial charge in [-0.1, -0.05) is 0 Å². The molecule has 0 aromatic heterocycles. The van der Waals surface area contributed by atoms with Crippen molar-refractivity contribution in [2.45, 2.75) is 27.7 Å². The molecule has 0 bridgehead atoms.